The van der Waals surface area contributed by atoms with Crippen LogP contribution in [0.1, 0.15) is 39.7 Å². The minimum atomic E-state index is 0.128. The van der Waals surface area contributed by atoms with Crippen molar-refractivity contribution in [3.05, 3.63) is 12.2 Å². The molecule has 0 unspecified atom stereocenters. The van der Waals surface area contributed by atoms with Gasteiger partial charge in [0.2, 0.25) is 5.16 Å². The lowest BCUT2D eigenvalue weighted by Crippen LogP contribution is -2.37. The summed E-state index contributed by atoms with van der Waals surface area (Å²) in [6.07, 6.45) is 2.40. The molecule has 0 aliphatic heterocycles. The van der Waals surface area contributed by atoms with E-state index < -0.39 is 0 Å². The van der Waals surface area contributed by atoms with Crippen molar-refractivity contribution in [2.24, 2.45) is 0 Å². The molecular weight excluding hydrogens is 246 g/mol. The zero-order valence-electron chi connectivity index (χ0n) is 11.3. The SMILES string of the molecule is C=C(CNC(C)(C)C)CSc1nnnn1C1CC1. The highest BCUT2D eigenvalue weighted by Crippen LogP contribution is 2.36. The van der Waals surface area contributed by atoms with E-state index in [4.69, 9.17) is 0 Å². The molecule has 0 spiro atoms. The predicted octanol–water partition coefficient (Wildman–Crippen LogP) is 2.04. The summed E-state index contributed by atoms with van der Waals surface area (Å²) in [6, 6.07) is 0.531. The predicted molar refractivity (Wildman–Crippen MR) is 73.7 cm³/mol. The van der Waals surface area contributed by atoms with Crippen molar-refractivity contribution < 1.29 is 0 Å². The maximum atomic E-state index is 4.09. The second-order valence-corrected chi connectivity index (χ2v) is 6.72. The third-order valence-electron chi connectivity index (χ3n) is 2.63. The second kappa shape index (κ2) is 5.40. The first kappa shape index (κ1) is 13.5. The van der Waals surface area contributed by atoms with E-state index in [0.29, 0.717) is 6.04 Å². The van der Waals surface area contributed by atoms with Crippen molar-refractivity contribution in [1.82, 2.24) is 25.5 Å². The molecule has 100 valence electrons. The van der Waals surface area contributed by atoms with Gasteiger partial charge in [0, 0.05) is 17.8 Å². The summed E-state index contributed by atoms with van der Waals surface area (Å²) in [6.45, 7) is 11.4. The highest BCUT2D eigenvalue weighted by molar-refractivity contribution is 7.99. The Morgan fingerprint density at radius 1 is 1.50 bits per heavy atom. The normalized spacial score (nSPS) is 15.9. The minimum Gasteiger partial charge on any atom is -0.308 e. The molecule has 18 heavy (non-hydrogen) atoms. The molecule has 0 bridgehead atoms. The fourth-order valence-corrected chi connectivity index (χ4v) is 2.28. The number of hydrogen-bond acceptors (Lipinski definition) is 5. The van der Waals surface area contributed by atoms with Gasteiger partial charge in [-0.2, -0.15) is 0 Å². The topological polar surface area (TPSA) is 55.6 Å². The molecule has 1 aliphatic rings. The van der Waals surface area contributed by atoms with Crippen molar-refractivity contribution in [1.29, 1.82) is 0 Å². The van der Waals surface area contributed by atoms with Crippen LogP contribution in [-0.2, 0) is 0 Å². The Morgan fingerprint density at radius 3 is 2.83 bits per heavy atom. The molecule has 1 aromatic heterocycles. The van der Waals surface area contributed by atoms with E-state index in [9.17, 15) is 0 Å². The third kappa shape index (κ3) is 4.10. The number of rotatable bonds is 6. The molecule has 0 saturated heterocycles. The maximum Gasteiger partial charge on any atom is 0.209 e. The molecule has 1 aromatic rings. The van der Waals surface area contributed by atoms with Gasteiger partial charge in [-0.3, -0.25) is 0 Å². The molecule has 5 nitrogen and oxygen atoms in total. The third-order valence-corrected chi connectivity index (χ3v) is 3.71. The van der Waals surface area contributed by atoms with E-state index in [1.54, 1.807) is 11.8 Å². The maximum absolute atomic E-state index is 4.09. The van der Waals surface area contributed by atoms with E-state index in [-0.39, 0.29) is 5.54 Å². The quantitative estimate of drug-likeness (QED) is 0.631. The van der Waals surface area contributed by atoms with Crippen LogP contribution in [0.15, 0.2) is 17.3 Å². The van der Waals surface area contributed by atoms with E-state index in [2.05, 4.69) is 48.2 Å². The molecule has 1 saturated carbocycles. The van der Waals surface area contributed by atoms with Crippen LogP contribution in [0, 0.1) is 0 Å². The van der Waals surface area contributed by atoms with Crippen LogP contribution in [0.4, 0.5) is 0 Å². The van der Waals surface area contributed by atoms with Crippen molar-refractivity contribution in [2.45, 2.75) is 50.4 Å². The molecule has 6 heteroatoms. The first-order chi connectivity index (χ1) is 8.46. The highest BCUT2D eigenvalue weighted by atomic mass is 32.2. The first-order valence-corrected chi connectivity index (χ1v) is 7.26. The number of aromatic nitrogens is 4. The number of tetrazole rings is 1. The molecule has 1 fully saturated rings. The van der Waals surface area contributed by atoms with Crippen LogP contribution in [-0.4, -0.2) is 38.0 Å². The molecule has 1 N–H and O–H groups in total. The Kier molecular flexibility index (Phi) is 4.07. The van der Waals surface area contributed by atoms with Crippen molar-refractivity contribution in [3.63, 3.8) is 0 Å². The van der Waals surface area contributed by atoms with Gasteiger partial charge in [-0.25, -0.2) is 4.68 Å². The molecule has 2 rings (SSSR count). The Labute approximate surface area is 112 Å². The lowest BCUT2D eigenvalue weighted by atomic mass is 10.1. The number of thioether (sulfide) groups is 1. The highest BCUT2D eigenvalue weighted by Gasteiger charge is 2.27. The molecule has 0 radical (unpaired) electrons. The summed E-state index contributed by atoms with van der Waals surface area (Å²) in [7, 11) is 0. The number of nitrogens with one attached hydrogen (secondary N) is 1. The van der Waals surface area contributed by atoms with E-state index >= 15 is 0 Å². The standard InChI is InChI=1S/C12H21N5S/c1-9(7-13-12(2,3)4)8-18-11-14-15-16-17(11)10-5-6-10/h10,13H,1,5-8H2,2-4H3. The summed E-state index contributed by atoms with van der Waals surface area (Å²) >= 11 is 1.67. The van der Waals surface area contributed by atoms with Crippen LogP contribution in [0.3, 0.4) is 0 Å². The largest absolute Gasteiger partial charge is 0.308 e. The number of hydrogen-bond donors (Lipinski definition) is 1. The van der Waals surface area contributed by atoms with E-state index in [1.807, 2.05) is 4.68 Å². The average Bonchev–Trinajstić information content (AvgIpc) is 3.02. The Morgan fingerprint density at radius 2 is 2.22 bits per heavy atom. The lowest BCUT2D eigenvalue weighted by Gasteiger charge is -2.21. The minimum absolute atomic E-state index is 0.128. The van der Waals surface area contributed by atoms with Crippen LogP contribution >= 0.6 is 11.8 Å². The van der Waals surface area contributed by atoms with Crippen LogP contribution in [0.5, 0.6) is 0 Å². The van der Waals surface area contributed by atoms with E-state index in [0.717, 1.165) is 17.5 Å². The summed E-state index contributed by atoms with van der Waals surface area (Å²) in [5, 5.41) is 16.2. The first-order valence-electron chi connectivity index (χ1n) is 6.28. The van der Waals surface area contributed by atoms with Gasteiger partial charge in [-0.1, -0.05) is 23.9 Å². The number of nitrogens with zero attached hydrogens (tertiary/aromatic N) is 4. The molecule has 0 aromatic carbocycles. The summed E-state index contributed by atoms with van der Waals surface area (Å²) in [4.78, 5) is 0. The zero-order valence-corrected chi connectivity index (χ0v) is 12.1. The van der Waals surface area contributed by atoms with Gasteiger partial charge in [-0.05, 0) is 44.0 Å². The van der Waals surface area contributed by atoms with Gasteiger partial charge in [0.05, 0.1) is 6.04 Å². The van der Waals surface area contributed by atoms with Crippen LogP contribution in [0.25, 0.3) is 0 Å². The van der Waals surface area contributed by atoms with Gasteiger partial charge in [0.15, 0.2) is 0 Å². The van der Waals surface area contributed by atoms with Crippen molar-refractivity contribution >= 4 is 11.8 Å². The van der Waals surface area contributed by atoms with Crippen molar-refractivity contribution in [3.8, 4) is 0 Å². The molecule has 0 atom stereocenters. The van der Waals surface area contributed by atoms with E-state index in [1.165, 1.54) is 18.4 Å². The fourth-order valence-electron chi connectivity index (χ4n) is 1.44. The van der Waals surface area contributed by atoms with Crippen LogP contribution in [0.2, 0.25) is 0 Å². The second-order valence-electron chi connectivity index (χ2n) is 5.78. The molecule has 1 aliphatic carbocycles. The summed E-state index contributed by atoms with van der Waals surface area (Å²) in [5.41, 5.74) is 1.30. The smallest absolute Gasteiger partial charge is 0.209 e. The molecule has 1 heterocycles. The monoisotopic (exact) mass is 267 g/mol. The summed E-state index contributed by atoms with van der Waals surface area (Å²) in [5.74, 6) is 0.857. The van der Waals surface area contributed by atoms with Gasteiger partial charge < -0.3 is 5.32 Å². The Hall–Kier alpha value is -0.880. The van der Waals surface area contributed by atoms with Gasteiger partial charge in [0.25, 0.3) is 0 Å². The molecular formula is C12H21N5S. The lowest BCUT2D eigenvalue weighted by molar-refractivity contribution is 0.445. The fraction of sp³-hybridized carbons (Fsp3) is 0.750. The van der Waals surface area contributed by atoms with Gasteiger partial charge in [0.1, 0.15) is 0 Å². The van der Waals surface area contributed by atoms with Crippen LogP contribution < -0.4 is 5.32 Å². The Balaban J connectivity index is 1.77. The zero-order chi connectivity index (χ0) is 13.2. The average molecular weight is 267 g/mol. The Bertz CT molecular complexity index is 416. The van der Waals surface area contributed by atoms with Gasteiger partial charge in [-0.15, -0.1) is 5.10 Å². The van der Waals surface area contributed by atoms with Gasteiger partial charge >= 0.3 is 0 Å². The molecule has 0 amide bonds. The van der Waals surface area contributed by atoms with Crippen molar-refractivity contribution in [2.75, 3.05) is 12.3 Å². The summed E-state index contributed by atoms with van der Waals surface area (Å²) < 4.78 is 1.94.